The van der Waals surface area contributed by atoms with Gasteiger partial charge in [-0.05, 0) is 86.1 Å². The number of imide groups is 1. The number of rotatable bonds is 9. The Morgan fingerprint density at radius 3 is 2.42 bits per heavy atom. The Labute approximate surface area is 225 Å². The van der Waals surface area contributed by atoms with Crippen LogP contribution < -0.4 is 5.32 Å². The molecule has 8 nitrogen and oxygen atoms in total. The van der Waals surface area contributed by atoms with E-state index < -0.39 is 17.1 Å². The number of benzene rings is 2. The zero-order valence-corrected chi connectivity index (χ0v) is 22.3. The lowest BCUT2D eigenvalue weighted by molar-refractivity contribution is -0.127. The number of carbonyl (C=O) groups excluding carboxylic acids is 4. The molecule has 4 rings (SSSR count). The lowest BCUT2D eigenvalue weighted by atomic mass is 10.2. The number of amides is 3. The lowest BCUT2D eigenvalue weighted by Crippen LogP contribution is -2.36. The molecule has 1 aliphatic rings. The smallest absolute Gasteiger partial charge is 0.338 e. The predicted molar refractivity (Wildman–Crippen MR) is 148 cm³/mol. The van der Waals surface area contributed by atoms with Gasteiger partial charge in [0.05, 0.1) is 17.1 Å². The van der Waals surface area contributed by atoms with Gasteiger partial charge in [-0.1, -0.05) is 31.5 Å². The number of nitrogens with zero attached hydrogens (tertiary/aromatic N) is 2. The molecule has 38 heavy (non-hydrogen) atoms. The Hall–Kier alpha value is -4.11. The molecule has 2 heterocycles. The Morgan fingerprint density at radius 2 is 1.74 bits per heavy atom. The second-order valence-electron chi connectivity index (χ2n) is 8.88. The number of anilines is 1. The van der Waals surface area contributed by atoms with Crippen LogP contribution in [0.4, 0.5) is 10.5 Å². The third-order valence-electron chi connectivity index (χ3n) is 6.08. The van der Waals surface area contributed by atoms with Gasteiger partial charge in [0.25, 0.3) is 11.1 Å². The number of esters is 1. The van der Waals surface area contributed by atoms with Crippen molar-refractivity contribution >= 4 is 46.5 Å². The normalized spacial score (nSPS) is 14.3. The molecular formula is C29H29N3O5S. The molecular weight excluding hydrogens is 502 g/mol. The topological polar surface area (TPSA) is 97.7 Å². The minimum absolute atomic E-state index is 0.257. The van der Waals surface area contributed by atoms with Crippen LogP contribution in [-0.2, 0) is 14.3 Å². The van der Waals surface area contributed by atoms with Crippen molar-refractivity contribution in [3.05, 3.63) is 88.1 Å². The summed E-state index contributed by atoms with van der Waals surface area (Å²) in [6, 6.07) is 17.9. The summed E-state index contributed by atoms with van der Waals surface area (Å²) >= 11 is 0.816. The van der Waals surface area contributed by atoms with Crippen LogP contribution in [-0.4, -0.2) is 45.6 Å². The number of unbranched alkanes of at least 4 members (excludes halogenated alkanes) is 1. The summed E-state index contributed by atoms with van der Waals surface area (Å²) in [6.07, 6.45) is 3.46. The minimum Gasteiger partial charge on any atom is -0.462 e. The van der Waals surface area contributed by atoms with Gasteiger partial charge in [-0.3, -0.25) is 19.3 Å². The highest BCUT2D eigenvalue weighted by Gasteiger charge is 2.36. The van der Waals surface area contributed by atoms with Gasteiger partial charge in [0.15, 0.2) is 0 Å². The molecule has 3 amide bonds. The van der Waals surface area contributed by atoms with E-state index in [-0.39, 0.29) is 17.4 Å². The molecule has 1 aromatic heterocycles. The molecule has 1 aliphatic heterocycles. The fraction of sp³-hybridized carbons (Fsp3) is 0.241. The first-order chi connectivity index (χ1) is 18.3. The van der Waals surface area contributed by atoms with E-state index in [0.29, 0.717) is 17.9 Å². The van der Waals surface area contributed by atoms with E-state index in [4.69, 9.17) is 4.74 Å². The summed E-state index contributed by atoms with van der Waals surface area (Å²) in [7, 11) is 0. The summed E-state index contributed by atoms with van der Waals surface area (Å²) in [4.78, 5) is 51.3. The number of aryl methyl sites for hydroxylation is 1. The Morgan fingerprint density at radius 1 is 1.03 bits per heavy atom. The molecule has 2 aromatic carbocycles. The van der Waals surface area contributed by atoms with Gasteiger partial charge in [-0.2, -0.15) is 0 Å². The summed E-state index contributed by atoms with van der Waals surface area (Å²) in [5.41, 5.74) is 4.51. The number of thioether (sulfide) groups is 1. The van der Waals surface area contributed by atoms with Gasteiger partial charge in [0.2, 0.25) is 5.91 Å². The van der Waals surface area contributed by atoms with E-state index in [0.717, 1.165) is 52.1 Å². The molecule has 0 saturated carbocycles. The van der Waals surface area contributed by atoms with E-state index in [1.165, 1.54) is 0 Å². The SMILES string of the molecule is CCCCOC(=O)c1ccc(-n2c(C)cc(/C=C3\SC(=O)N(CC(=O)Nc4ccccc4)C3=O)c2C)cc1. The maximum atomic E-state index is 13.0. The van der Waals surface area contributed by atoms with Gasteiger partial charge >= 0.3 is 5.97 Å². The molecule has 0 atom stereocenters. The molecule has 0 aliphatic carbocycles. The maximum Gasteiger partial charge on any atom is 0.338 e. The molecule has 0 radical (unpaired) electrons. The lowest BCUT2D eigenvalue weighted by Gasteiger charge is -2.12. The fourth-order valence-corrected chi connectivity index (χ4v) is 4.94. The van der Waals surface area contributed by atoms with E-state index in [9.17, 15) is 19.2 Å². The first kappa shape index (κ1) is 26.9. The Kier molecular flexibility index (Phi) is 8.48. The molecule has 0 unspecified atom stereocenters. The maximum absolute atomic E-state index is 13.0. The monoisotopic (exact) mass is 531 g/mol. The molecule has 1 saturated heterocycles. The van der Waals surface area contributed by atoms with Crippen molar-refractivity contribution in [3.63, 3.8) is 0 Å². The van der Waals surface area contributed by atoms with Crippen molar-refractivity contribution in [2.45, 2.75) is 33.6 Å². The van der Waals surface area contributed by atoms with Crippen LogP contribution in [0.2, 0.25) is 0 Å². The van der Waals surface area contributed by atoms with Crippen molar-refractivity contribution in [1.29, 1.82) is 0 Å². The zero-order chi connectivity index (χ0) is 27.2. The average Bonchev–Trinajstić information content (AvgIpc) is 3.33. The van der Waals surface area contributed by atoms with Crippen LogP contribution in [0.25, 0.3) is 11.8 Å². The average molecular weight is 532 g/mol. The second-order valence-corrected chi connectivity index (χ2v) is 9.87. The van der Waals surface area contributed by atoms with Crippen molar-refractivity contribution in [1.82, 2.24) is 9.47 Å². The Balaban J connectivity index is 1.48. The number of ether oxygens (including phenoxy) is 1. The van der Waals surface area contributed by atoms with Crippen LogP contribution in [0.5, 0.6) is 0 Å². The number of para-hydroxylation sites is 1. The molecule has 1 fully saturated rings. The first-order valence-electron chi connectivity index (χ1n) is 12.3. The molecule has 1 N–H and O–H groups in total. The Bertz CT molecular complexity index is 1390. The predicted octanol–water partition coefficient (Wildman–Crippen LogP) is 5.73. The molecule has 0 bridgehead atoms. The van der Waals surface area contributed by atoms with Crippen molar-refractivity contribution in [2.24, 2.45) is 0 Å². The van der Waals surface area contributed by atoms with Gasteiger partial charge in [0, 0.05) is 22.8 Å². The third-order valence-corrected chi connectivity index (χ3v) is 6.99. The summed E-state index contributed by atoms with van der Waals surface area (Å²) in [5.74, 6) is -1.30. The zero-order valence-electron chi connectivity index (χ0n) is 21.5. The molecule has 3 aromatic rings. The second kappa shape index (κ2) is 12.0. The molecule has 196 valence electrons. The number of aromatic nitrogens is 1. The third kappa shape index (κ3) is 6.06. The van der Waals surface area contributed by atoms with E-state index >= 15 is 0 Å². The first-order valence-corrected chi connectivity index (χ1v) is 13.2. The van der Waals surface area contributed by atoms with Crippen molar-refractivity contribution < 1.29 is 23.9 Å². The highest BCUT2D eigenvalue weighted by molar-refractivity contribution is 8.18. The minimum atomic E-state index is -0.501. The highest BCUT2D eigenvalue weighted by Crippen LogP contribution is 2.33. The fourth-order valence-electron chi connectivity index (χ4n) is 4.11. The van der Waals surface area contributed by atoms with E-state index in [1.54, 1.807) is 42.5 Å². The van der Waals surface area contributed by atoms with Crippen LogP contribution in [0.1, 0.15) is 47.1 Å². The van der Waals surface area contributed by atoms with Crippen LogP contribution in [0.3, 0.4) is 0 Å². The summed E-state index contributed by atoms with van der Waals surface area (Å²) in [5, 5.41) is 2.20. The largest absolute Gasteiger partial charge is 0.462 e. The van der Waals surface area contributed by atoms with Crippen molar-refractivity contribution in [2.75, 3.05) is 18.5 Å². The summed E-state index contributed by atoms with van der Waals surface area (Å²) in [6.45, 7) is 5.94. The van der Waals surface area contributed by atoms with E-state index in [2.05, 4.69) is 5.32 Å². The van der Waals surface area contributed by atoms with Gasteiger partial charge in [-0.25, -0.2) is 4.79 Å². The number of hydrogen-bond acceptors (Lipinski definition) is 6. The summed E-state index contributed by atoms with van der Waals surface area (Å²) < 4.78 is 7.29. The van der Waals surface area contributed by atoms with Crippen molar-refractivity contribution in [3.8, 4) is 5.69 Å². The highest BCUT2D eigenvalue weighted by atomic mass is 32.2. The standard InChI is InChI=1S/C29H29N3O5S/c1-4-5-15-37-28(35)21-11-13-24(14-12-21)32-19(2)16-22(20(32)3)17-25-27(34)31(29(36)38-25)18-26(33)30-23-9-7-6-8-10-23/h6-14,16-17H,4-5,15,18H2,1-3H3,(H,30,33)/b25-17-. The van der Waals surface area contributed by atoms with Gasteiger partial charge in [-0.15, -0.1) is 0 Å². The number of nitrogens with one attached hydrogen (secondary N) is 1. The van der Waals surface area contributed by atoms with Crippen LogP contribution >= 0.6 is 11.8 Å². The molecule has 0 spiro atoms. The quantitative estimate of drug-likeness (QED) is 0.215. The van der Waals surface area contributed by atoms with Crippen LogP contribution in [0, 0.1) is 13.8 Å². The number of carbonyl (C=O) groups is 4. The van der Waals surface area contributed by atoms with Crippen LogP contribution in [0.15, 0.2) is 65.6 Å². The van der Waals surface area contributed by atoms with E-state index in [1.807, 2.05) is 49.6 Å². The number of hydrogen-bond donors (Lipinski definition) is 1. The van der Waals surface area contributed by atoms with Gasteiger partial charge in [0.1, 0.15) is 6.54 Å². The van der Waals surface area contributed by atoms with Gasteiger partial charge < -0.3 is 14.6 Å². The molecule has 9 heteroatoms.